The number of aromatic nitrogens is 2. The van der Waals surface area contributed by atoms with Crippen LogP contribution >= 0.6 is 0 Å². The summed E-state index contributed by atoms with van der Waals surface area (Å²) < 4.78 is 7.40. The summed E-state index contributed by atoms with van der Waals surface area (Å²) in [4.78, 5) is 0. The number of hydrogen-bond acceptors (Lipinski definition) is 2. The van der Waals surface area contributed by atoms with Gasteiger partial charge in [-0.2, -0.15) is 5.10 Å². The Morgan fingerprint density at radius 2 is 2.27 bits per heavy atom. The van der Waals surface area contributed by atoms with Crippen LogP contribution in [-0.4, -0.2) is 23.0 Å². The van der Waals surface area contributed by atoms with E-state index in [0.717, 1.165) is 25.7 Å². The normalized spacial score (nSPS) is 18.2. The average molecular weight is 208 g/mol. The molecule has 0 aromatic carbocycles. The molecule has 0 amide bonds. The minimum Gasteiger partial charge on any atom is -0.381 e. The summed E-state index contributed by atoms with van der Waals surface area (Å²) in [6.07, 6.45) is 9.10. The van der Waals surface area contributed by atoms with Crippen molar-refractivity contribution in [2.75, 3.05) is 13.2 Å². The molecule has 1 aromatic rings. The third-order valence-electron chi connectivity index (χ3n) is 3.10. The molecule has 84 valence electrons. The van der Waals surface area contributed by atoms with Crippen molar-refractivity contribution in [1.29, 1.82) is 0 Å². The third kappa shape index (κ3) is 3.34. The first-order valence-corrected chi connectivity index (χ1v) is 5.91. The Bertz CT molecular complexity index is 290. The maximum absolute atomic E-state index is 5.35. The van der Waals surface area contributed by atoms with Gasteiger partial charge in [-0.15, -0.1) is 0 Å². The lowest BCUT2D eigenvalue weighted by atomic mass is 9.95. The van der Waals surface area contributed by atoms with Crippen LogP contribution in [0.3, 0.4) is 0 Å². The summed E-state index contributed by atoms with van der Waals surface area (Å²) >= 11 is 0. The molecule has 0 aliphatic carbocycles. The van der Waals surface area contributed by atoms with Crippen molar-refractivity contribution < 1.29 is 4.74 Å². The van der Waals surface area contributed by atoms with Gasteiger partial charge in [0, 0.05) is 26.0 Å². The summed E-state index contributed by atoms with van der Waals surface area (Å²) in [5, 5.41) is 4.29. The van der Waals surface area contributed by atoms with Gasteiger partial charge < -0.3 is 4.74 Å². The van der Waals surface area contributed by atoms with E-state index in [2.05, 4.69) is 22.9 Å². The van der Waals surface area contributed by atoms with Gasteiger partial charge in [0.2, 0.25) is 0 Å². The summed E-state index contributed by atoms with van der Waals surface area (Å²) in [6.45, 7) is 5.07. The highest BCUT2D eigenvalue weighted by molar-refractivity contribution is 4.99. The Labute approximate surface area is 91.4 Å². The van der Waals surface area contributed by atoms with Crippen LogP contribution in [0.4, 0.5) is 0 Å². The smallest absolute Gasteiger partial charge is 0.0518 e. The van der Waals surface area contributed by atoms with Crippen molar-refractivity contribution in [1.82, 2.24) is 9.78 Å². The van der Waals surface area contributed by atoms with Gasteiger partial charge >= 0.3 is 0 Å². The van der Waals surface area contributed by atoms with E-state index >= 15 is 0 Å². The Kier molecular flexibility index (Phi) is 3.78. The van der Waals surface area contributed by atoms with Gasteiger partial charge in [-0.3, -0.25) is 4.68 Å². The molecule has 1 saturated heterocycles. The molecule has 0 saturated carbocycles. The zero-order chi connectivity index (χ0) is 10.5. The van der Waals surface area contributed by atoms with Crippen molar-refractivity contribution in [3.05, 3.63) is 18.0 Å². The summed E-state index contributed by atoms with van der Waals surface area (Å²) in [5.41, 5.74) is 1.25. The number of hydrogen-bond donors (Lipinski definition) is 0. The molecule has 1 aromatic heterocycles. The molecule has 0 radical (unpaired) electrons. The fourth-order valence-electron chi connectivity index (χ4n) is 2.17. The fourth-order valence-corrected chi connectivity index (χ4v) is 2.17. The molecule has 1 aliphatic rings. The monoisotopic (exact) mass is 208 g/mol. The van der Waals surface area contributed by atoms with E-state index < -0.39 is 0 Å². The van der Waals surface area contributed by atoms with Crippen LogP contribution in [0.1, 0.15) is 31.2 Å². The molecule has 0 atom stereocenters. The van der Waals surface area contributed by atoms with Crippen molar-refractivity contribution in [2.24, 2.45) is 5.92 Å². The maximum Gasteiger partial charge on any atom is 0.0518 e. The number of rotatable bonds is 4. The zero-order valence-electron chi connectivity index (χ0n) is 9.48. The van der Waals surface area contributed by atoms with Gasteiger partial charge in [-0.1, -0.05) is 0 Å². The van der Waals surface area contributed by atoms with E-state index in [-0.39, 0.29) is 0 Å². The molecule has 3 nitrogen and oxygen atoms in total. The average Bonchev–Trinajstić information content (AvgIpc) is 2.66. The predicted octanol–water partition coefficient (Wildman–Crippen LogP) is 2.40. The topological polar surface area (TPSA) is 27.1 Å². The summed E-state index contributed by atoms with van der Waals surface area (Å²) in [6, 6.07) is 0. The second-order valence-corrected chi connectivity index (χ2v) is 4.48. The molecular weight excluding hydrogens is 188 g/mol. The highest BCUT2D eigenvalue weighted by Crippen LogP contribution is 2.20. The van der Waals surface area contributed by atoms with Crippen molar-refractivity contribution in [3.8, 4) is 0 Å². The lowest BCUT2D eigenvalue weighted by Gasteiger charge is -2.21. The number of nitrogens with zero attached hydrogens (tertiary/aromatic N) is 2. The predicted molar refractivity (Wildman–Crippen MR) is 59.7 cm³/mol. The first-order valence-electron chi connectivity index (χ1n) is 5.91. The van der Waals surface area contributed by atoms with Gasteiger partial charge in [-0.05, 0) is 44.1 Å². The number of aryl methyl sites for hydroxylation is 2. The van der Waals surface area contributed by atoms with Gasteiger partial charge in [0.25, 0.3) is 0 Å². The molecular formula is C12H20N2O. The largest absolute Gasteiger partial charge is 0.381 e. The second kappa shape index (κ2) is 5.31. The highest BCUT2D eigenvalue weighted by atomic mass is 16.5. The fraction of sp³-hybridized carbons (Fsp3) is 0.750. The zero-order valence-corrected chi connectivity index (χ0v) is 9.48. The van der Waals surface area contributed by atoms with Crippen LogP contribution in [0.5, 0.6) is 0 Å². The Hall–Kier alpha value is -0.830. The molecule has 0 N–H and O–H groups in total. The van der Waals surface area contributed by atoms with E-state index in [9.17, 15) is 0 Å². The van der Waals surface area contributed by atoms with Crippen molar-refractivity contribution in [3.63, 3.8) is 0 Å². The third-order valence-corrected chi connectivity index (χ3v) is 3.10. The number of ether oxygens (including phenoxy) is 1. The minimum absolute atomic E-state index is 0.885. The molecule has 3 heteroatoms. The van der Waals surface area contributed by atoms with Crippen LogP contribution in [0.15, 0.2) is 12.4 Å². The molecule has 2 rings (SSSR count). The van der Waals surface area contributed by atoms with E-state index in [0.29, 0.717) is 0 Å². The van der Waals surface area contributed by atoms with Crippen molar-refractivity contribution >= 4 is 0 Å². The Morgan fingerprint density at radius 1 is 1.47 bits per heavy atom. The second-order valence-electron chi connectivity index (χ2n) is 4.48. The van der Waals surface area contributed by atoms with Crippen molar-refractivity contribution in [2.45, 2.75) is 39.2 Å². The quantitative estimate of drug-likeness (QED) is 0.759. The highest BCUT2D eigenvalue weighted by Gasteiger charge is 2.12. The molecule has 15 heavy (non-hydrogen) atoms. The van der Waals surface area contributed by atoms with Crippen LogP contribution in [0.25, 0.3) is 0 Å². The molecule has 0 bridgehead atoms. The van der Waals surface area contributed by atoms with Gasteiger partial charge in [0.15, 0.2) is 0 Å². The molecule has 1 aliphatic heterocycles. The first-order chi connectivity index (χ1) is 7.34. The van der Waals surface area contributed by atoms with E-state index in [1.807, 2.05) is 6.20 Å². The van der Waals surface area contributed by atoms with Gasteiger partial charge in [0.1, 0.15) is 0 Å². The molecule has 1 fully saturated rings. The van der Waals surface area contributed by atoms with E-state index in [4.69, 9.17) is 4.74 Å². The van der Waals surface area contributed by atoms with E-state index in [1.165, 1.54) is 31.2 Å². The lowest BCUT2D eigenvalue weighted by Crippen LogP contribution is -2.16. The SMILES string of the molecule is Cc1cnn(CCCC2CCOCC2)c1. The van der Waals surface area contributed by atoms with Crippen LogP contribution in [0.2, 0.25) is 0 Å². The van der Waals surface area contributed by atoms with Crippen LogP contribution < -0.4 is 0 Å². The van der Waals surface area contributed by atoms with Gasteiger partial charge in [0.05, 0.1) is 6.20 Å². The summed E-state index contributed by atoms with van der Waals surface area (Å²) in [7, 11) is 0. The molecule has 0 spiro atoms. The standard InChI is InChI=1S/C12H20N2O/c1-11-9-13-14(10-11)6-2-3-12-4-7-15-8-5-12/h9-10,12H,2-8H2,1H3. The lowest BCUT2D eigenvalue weighted by molar-refractivity contribution is 0.0629. The maximum atomic E-state index is 5.35. The van der Waals surface area contributed by atoms with E-state index in [1.54, 1.807) is 0 Å². The van der Waals surface area contributed by atoms with Gasteiger partial charge in [-0.25, -0.2) is 0 Å². The molecule has 0 unspecified atom stereocenters. The summed E-state index contributed by atoms with van der Waals surface area (Å²) in [5.74, 6) is 0.885. The van der Waals surface area contributed by atoms with Crippen LogP contribution in [0, 0.1) is 12.8 Å². The Balaban J connectivity index is 1.65. The first kappa shape index (κ1) is 10.7. The van der Waals surface area contributed by atoms with Crippen LogP contribution in [-0.2, 0) is 11.3 Å². The Morgan fingerprint density at radius 3 is 2.93 bits per heavy atom. The molecule has 2 heterocycles. The minimum atomic E-state index is 0.885.